The SMILES string of the molecule is CN(C)O[SiH](C)O[SiH3]. The maximum absolute atomic E-state index is 5.18. The molecule has 0 fully saturated rings. The van der Waals surface area contributed by atoms with E-state index in [1.54, 1.807) is 5.06 Å². The molecule has 0 aromatic carbocycles. The Labute approximate surface area is 54.9 Å². The quantitative estimate of drug-likeness (QED) is 0.367. The maximum atomic E-state index is 5.18. The van der Waals surface area contributed by atoms with Crippen LogP contribution in [0, 0.1) is 0 Å². The summed E-state index contributed by atoms with van der Waals surface area (Å²) >= 11 is 0. The van der Waals surface area contributed by atoms with Crippen LogP contribution in [0.4, 0.5) is 0 Å². The first-order chi connectivity index (χ1) is 3.66. The molecule has 0 N–H and O–H groups in total. The van der Waals surface area contributed by atoms with Crippen molar-refractivity contribution in [3.63, 3.8) is 0 Å². The number of nitrogens with zero attached hydrogens (tertiary/aromatic N) is 1. The summed E-state index contributed by atoms with van der Waals surface area (Å²) < 4.78 is 10.3. The summed E-state index contributed by atoms with van der Waals surface area (Å²) in [6, 6.07) is 0. The fraction of sp³-hybridized carbons (Fsp3) is 1.00. The normalized spacial score (nSPS) is 15.0. The molecule has 50 valence electrons. The Morgan fingerprint density at radius 1 is 1.50 bits per heavy atom. The van der Waals surface area contributed by atoms with E-state index in [-0.39, 0.29) is 0 Å². The zero-order valence-corrected chi connectivity index (χ0v) is 9.00. The van der Waals surface area contributed by atoms with Crippen molar-refractivity contribution in [3.05, 3.63) is 0 Å². The zero-order valence-electron chi connectivity index (χ0n) is 5.84. The Morgan fingerprint density at radius 2 is 2.00 bits per heavy atom. The summed E-state index contributed by atoms with van der Waals surface area (Å²) in [6.45, 7) is 2.01. The summed E-state index contributed by atoms with van der Waals surface area (Å²) in [7, 11) is 3.27. The molecule has 1 unspecified atom stereocenters. The highest BCUT2D eigenvalue weighted by molar-refractivity contribution is 6.47. The number of rotatable bonds is 3. The van der Waals surface area contributed by atoms with Gasteiger partial charge in [0.15, 0.2) is 0 Å². The van der Waals surface area contributed by atoms with E-state index >= 15 is 0 Å². The fourth-order valence-corrected chi connectivity index (χ4v) is 1.28. The van der Waals surface area contributed by atoms with Gasteiger partial charge in [0.1, 0.15) is 10.5 Å². The molecule has 0 aliphatic heterocycles. The van der Waals surface area contributed by atoms with Crippen LogP contribution in [0.3, 0.4) is 0 Å². The fourth-order valence-electron chi connectivity index (χ4n) is 0.340. The highest BCUT2D eigenvalue weighted by Gasteiger charge is 2.01. The summed E-state index contributed by atoms with van der Waals surface area (Å²) in [6.07, 6.45) is 0. The van der Waals surface area contributed by atoms with E-state index in [1.807, 2.05) is 20.6 Å². The average molecular weight is 151 g/mol. The lowest BCUT2D eigenvalue weighted by Gasteiger charge is -2.14. The van der Waals surface area contributed by atoms with Gasteiger partial charge in [-0.1, -0.05) is 0 Å². The topological polar surface area (TPSA) is 21.7 Å². The molecule has 0 aliphatic carbocycles. The summed E-state index contributed by atoms with van der Waals surface area (Å²) in [4.78, 5) is 0. The molecule has 8 heavy (non-hydrogen) atoms. The molecule has 0 radical (unpaired) electrons. The van der Waals surface area contributed by atoms with E-state index in [9.17, 15) is 0 Å². The standard InChI is InChI=1S/C3H13NO2Si2/c1-4(2)5-8(3)6-7/h8H,1-3,7H3. The minimum Gasteiger partial charge on any atom is -0.446 e. The molecule has 0 amide bonds. The van der Waals surface area contributed by atoms with Crippen LogP contribution >= 0.6 is 0 Å². The maximum Gasteiger partial charge on any atom is 0.328 e. The molecule has 5 heteroatoms. The van der Waals surface area contributed by atoms with Gasteiger partial charge in [0.05, 0.1) is 0 Å². The third-order valence-corrected chi connectivity index (χ3v) is 4.07. The van der Waals surface area contributed by atoms with E-state index < -0.39 is 9.28 Å². The summed E-state index contributed by atoms with van der Waals surface area (Å²) in [5.41, 5.74) is 0. The first kappa shape index (κ1) is 8.31. The van der Waals surface area contributed by atoms with Gasteiger partial charge < -0.3 is 8.64 Å². The van der Waals surface area contributed by atoms with E-state index in [0.717, 1.165) is 10.5 Å². The predicted octanol–water partition coefficient (Wildman–Crippen LogP) is -1.37. The monoisotopic (exact) mass is 151 g/mol. The van der Waals surface area contributed by atoms with E-state index in [1.165, 1.54) is 0 Å². The minimum absolute atomic E-state index is 0.788. The first-order valence-electron chi connectivity index (χ1n) is 2.53. The van der Waals surface area contributed by atoms with Crippen molar-refractivity contribution in [3.8, 4) is 0 Å². The van der Waals surface area contributed by atoms with Gasteiger partial charge in [0, 0.05) is 14.1 Å². The third-order valence-electron chi connectivity index (χ3n) is 0.691. The van der Waals surface area contributed by atoms with Gasteiger partial charge in [-0.05, 0) is 6.55 Å². The molecule has 0 bridgehead atoms. The zero-order chi connectivity index (χ0) is 6.57. The Hall–Kier alpha value is 0.314. The van der Waals surface area contributed by atoms with Crippen LogP contribution in [0.1, 0.15) is 0 Å². The molecule has 0 spiro atoms. The Bertz CT molecular complexity index is 61.2. The van der Waals surface area contributed by atoms with Crippen LogP contribution in [-0.2, 0) is 8.64 Å². The first-order valence-corrected chi connectivity index (χ1v) is 5.45. The van der Waals surface area contributed by atoms with Gasteiger partial charge in [0.2, 0.25) is 0 Å². The van der Waals surface area contributed by atoms with Crippen LogP contribution in [0.25, 0.3) is 0 Å². The highest BCUT2D eigenvalue weighted by atomic mass is 28.3. The lowest BCUT2D eigenvalue weighted by atomic mass is 11.2. The second kappa shape index (κ2) is 4.22. The van der Waals surface area contributed by atoms with Crippen molar-refractivity contribution in [1.29, 1.82) is 0 Å². The average Bonchev–Trinajstić information content (AvgIpc) is 1.65. The van der Waals surface area contributed by atoms with Gasteiger partial charge in [-0.3, -0.25) is 0 Å². The smallest absolute Gasteiger partial charge is 0.328 e. The van der Waals surface area contributed by atoms with Crippen molar-refractivity contribution in [1.82, 2.24) is 5.06 Å². The molecule has 0 rings (SSSR count). The van der Waals surface area contributed by atoms with E-state index in [2.05, 4.69) is 0 Å². The molecule has 0 aromatic heterocycles. The van der Waals surface area contributed by atoms with Gasteiger partial charge >= 0.3 is 9.28 Å². The van der Waals surface area contributed by atoms with Crippen LogP contribution in [0.15, 0.2) is 0 Å². The van der Waals surface area contributed by atoms with Crippen molar-refractivity contribution in [2.75, 3.05) is 14.1 Å². The predicted molar refractivity (Wildman–Crippen MR) is 38.8 cm³/mol. The lowest BCUT2D eigenvalue weighted by Crippen LogP contribution is -2.26. The highest BCUT2D eigenvalue weighted by Crippen LogP contribution is 1.85. The molecule has 0 heterocycles. The third kappa shape index (κ3) is 4.47. The van der Waals surface area contributed by atoms with Crippen LogP contribution in [-0.4, -0.2) is 38.9 Å². The molecular weight excluding hydrogens is 138 g/mol. The molecule has 0 aliphatic rings. The number of hydrogen-bond donors (Lipinski definition) is 0. The molecule has 0 aromatic rings. The largest absolute Gasteiger partial charge is 0.446 e. The minimum atomic E-state index is -1.25. The Morgan fingerprint density at radius 3 is 2.12 bits per heavy atom. The molecule has 1 atom stereocenters. The Kier molecular flexibility index (Phi) is 4.38. The second-order valence-corrected chi connectivity index (χ2v) is 4.95. The molecule has 0 saturated heterocycles. The molecule has 0 saturated carbocycles. The number of hydrogen-bond acceptors (Lipinski definition) is 3. The van der Waals surface area contributed by atoms with Crippen LogP contribution in [0.5, 0.6) is 0 Å². The second-order valence-electron chi connectivity index (χ2n) is 1.72. The lowest BCUT2D eigenvalue weighted by molar-refractivity contribution is -0.0213. The van der Waals surface area contributed by atoms with E-state index in [0.29, 0.717) is 0 Å². The van der Waals surface area contributed by atoms with Crippen molar-refractivity contribution >= 4 is 19.8 Å². The number of hydroxylamine groups is 2. The van der Waals surface area contributed by atoms with Crippen molar-refractivity contribution in [2.45, 2.75) is 6.55 Å². The van der Waals surface area contributed by atoms with E-state index in [4.69, 9.17) is 8.64 Å². The van der Waals surface area contributed by atoms with Gasteiger partial charge in [-0.15, -0.1) is 0 Å². The molecule has 3 nitrogen and oxygen atoms in total. The van der Waals surface area contributed by atoms with Gasteiger partial charge in [0.25, 0.3) is 0 Å². The van der Waals surface area contributed by atoms with Gasteiger partial charge in [-0.2, -0.15) is 0 Å². The summed E-state index contributed by atoms with van der Waals surface area (Å²) in [5.74, 6) is 0. The van der Waals surface area contributed by atoms with Gasteiger partial charge in [-0.25, -0.2) is 5.06 Å². The summed E-state index contributed by atoms with van der Waals surface area (Å²) in [5, 5.41) is 1.69. The van der Waals surface area contributed by atoms with Crippen molar-refractivity contribution in [2.24, 2.45) is 0 Å². The Balaban J connectivity index is 3.10. The van der Waals surface area contributed by atoms with Crippen LogP contribution in [0.2, 0.25) is 6.55 Å². The molecular formula is C3H13NO2Si2. The van der Waals surface area contributed by atoms with Crippen LogP contribution < -0.4 is 0 Å². The van der Waals surface area contributed by atoms with Crippen molar-refractivity contribution < 1.29 is 8.64 Å².